The van der Waals surface area contributed by atoms with E-state index in [1.807, 2.05) is 38.1 Å². The number of hydrogen-bond acceptors (Lipinski definition) is 3. The lowest BCUT2D eigenvalue weighted by Crippen LogP contribution is -2.47. The molecule has 1 fully saturated rings. The van der Waals surface area contributed by atoms with Gasteiger partial charge in [0.2, 0.25) is 0 Å². The molecule has 1 aromatic rings. The quantitative estimate of drug-likeness (QED) is 0.871. The Balaban J connectivity index is 1.93. The van der Waals surface area contributed by atoms with Crippen LogP contribution >= 0.6 is 0 Å². The molecule has 1 atom stereocenters. The lowest BCUT2D eigenvalue weighted by Gasteiger charge is -2.33. The number of rotatable bonds is 5. The molecule has 2 N–H and O–H groups in total. The first-order chi connectivity index (χ1) is 11.0. The smallest absolute Gasteiger partial charge is 0.407 e. The van der Waals surface area contributed by atoms with Crippen LogP contribution in [0.4, 0.5) is 4.79 Å². The van der Waals surface area contributed by atoms with Gasteiger partial charge in [-0.25, -0.2) is 4.79 Å². The first-order valence-corrected chi connectivity index (χ1v) is 8.09. The molecular weight excluding hydrogens is 294 g/mol. The van der Waals surface area contributed by atoms with Crippen molar-refractivity contribution in [3.63, 3.8) is 0 Å². The summed E-state index contributed by atoms with van der Waals surface area (Å²) >= 11 is 0. The van der Waals surface area contributed by atoms with Crippen molar-refractivity contribution in [3.05, 3.63) is 35.4 Å². The highest BCUT2D eigenvalue weighted by Gasteiger charge is 2.20. The standard InChI is InChI=1S/C17H25N3O3/c1-3-13(2)18-16(21)15-6-4-5-14(11-15)12-19-7-9-20(10-8-19)17(22)23/h4-6,11,13H,3,7-10,12H2,1-2H3,(H,18,21)(H,22,23). The minimum atomic E-state index is -0.853. The Morgan fingerprint density at radius 1 is 1.26 bits per heavy atom. The second kappa shape index (κ2) is 7.97. The molecule has 1 aliphatic rings. The molecular formula is C17H25N3O3. The van der Waals surface area contributed by atoms with Crippen molar-refractivity contribution in [1.29, 1.82) is 0 Å². The molecule has 0 bridgehead atoms. The fraction of sp³-hybridized carbons (Fsp3) is 0.529. The van der Waals surface area contributed by atoms with E-state index < -0.39 is 6.09 Å². The van der Waals surface area contributed by atoms with Gasteiger partial charge in [0.25, 0.3) is 5.91 Å². The molecule has 2 rings (SSSR count). The average molecular weight is 319 g/mol. The highest BCUT2D eigenvalue weighted by Crippen LogP contribution is 2.11. The average Bonchev–Trinajstić information content (AvgIpc) is 2.55. The number of carboxylic acid groups (broad SMARTS) is 1. The molecule has 1 unspecified atom stereocenters. The van der Waals surface area contributed by atoms with Crippen molar-refractivity contribution in [2.45, 2.75) is 32.9 Å². The Labute approximate surface area is 137 Å². The van der Waals surface area contributed by atoms with Gasteiger partial charge in [0.15, 0.2) is 0 Å². The lowest BCUT2D eigenvalue weighted by atomic mass is 10.1. The van der Waals surface area contributed by atoms with E-state index in [0.29, 0.717) is 18.7 Å². The number of nitrogens with one attached hydrogen (secondary N) is 1. The first kappa shape index (κ1) is 17.3. The summed E-state index contributed by atoms with van der Waals surface area (Å²) in [7, 11) is 0. The van der Waals surface area contributed by atoms with Crippen LogP contribution in [0, 0.1) is 0 Å². The molecule has 6 nitrogen and oxygen atoms in total. The zero-order valence-corrected chi connectivity index (χ0v) is 13.8. The van der Waals surface area contributed by atoms with E-state index in [1.54, 1.807) is 0 Å². The third-order valence-electron chi connectivity index (χ3n) is 4.23. The highest BCUT2D eigenvalue weighted by molar-refractivity contribution is 5.94. The van der Waals surface area contributed by atoms with Crippen LogP contribution in [-0.4, -0.2) is 59.1 Å². The van der Waals surface area contributed by atoms with Gasteiger partial charge in [-0.1, -0.05) is 19.1 Å². The molecule has 0 radical (unpaired) electrons. The number of carbonyl (C=O) groups is 2. The number of amides is 2. The summed E-state index contributed by atoms with van der Waals surface area (Å²) in [5.74, 6) is -0.0445. The largest absolute Gasteiger partial charge is 0.465 e. The Morgan fingerprint density at radius 3 is 2.57 bits per heavy atom. The van der Waals surface area contributed by atoms with Crippen LogP contribution in [0.1, 0.15) is 36.2 Å². The van der Waals surface area contributed by atoms with Crippen LogP contribution < -0.4 is 5.32 Å². The normalized spacial score (nSPS) is 16.9. The van der Waals surface area contributed by atoms with E-state index in [4.69, 9.17) is 5.11 Å². The minimum Gasteiger partial charge on any atom is -0.465 e. The van der Waals surface area contributed by atoms with Crippen molar-refractivity contribution in [3.8, 4) is 0 Å². The van der Waals surface area contributed by atoms with Gasteiger partial charge in [-0.15, -0.1) is 0 Å². The molecule has 126 valence electrons. The summed E-state index contributed by atoms with van der Waals surface area (Å²) in [4.78, 5) is 26.7. The molecule has 6 heteroatoms. The first-order valence-electron chi connectivity index (χ1n) is 8.09. The number of piperazine rings is 1. The second-order valence-corrected chi connectivity index (χ2v) is 6.03. The van der Waals surface area contributed by atoms with Gasteiger partial charge in [-0.3, -0.25) is 9.69 Å². The van der Waals surface area contributed by atoms with Gasteiger partial charge >= 0.3 is 6.09 Å². The predicted molar refractivity (Wildman–Crippen MR) is 88.5 cm³/mol. The van der Waals surface area contributed by atoms with Gasteiger partial charge in [-0.05, 0) is 31.0 Å². The topological polar surface area (TPSA) is 72.9 Å². The summed E-state index contributed by atoms with van der Waals surface area (Å²) in [5.41, 5.74) is 1.75. The molecule has 2 amide bonds. The van der Waals surface area contributed by atoms with E-state index in [1.165, 1.54) is 4.90 Å². The molecule has 0 aliphatic carbocycles. The van der Waals surface area contributed by atoms with Gasteiger partial charge in [0, 0.05) is 44.3 Å². The molecule has 1 aliphatic heterocycles. The number of benzene rings is 1. The van der Waals surface area contributed by atoms with E-state index in [2.05, 4.69) is 10.2 Å². The summed E-state index contributed by atoms with van der Waals surface area (Å²) in [5, 5.41) is 11.9. The Hall–Kier alpha value is -2.08. The fourth-order valence-electron chi connectivity index (χ4n) is 2.58. The monoisotopic (exact) mass is 319 g/mol. The van der Waals surface area contributed by atoms with E-state index in [-0.39, 0.29) is 11.9 Å². The molecule has 0 saturated carbocycles. The van der Waals surface area contributed by atoms with Gasteiger partial charge < -0.3 is 15.3 Å². The third kappa shape index (κ3) is 4.96. The zero-order chi connectivity index (χ0) is 16.8. The predicted octanol–water partition coefficient (Wildman–Crippen LogP) is 2.01. The van der Waals surface area contributed by atoms with Crippen LogP contribution in [0.3, 0.4) is 0 Å². The summed E-state index contributed by atoms with van der Waals surface area (Å²) < 4.78 is 0. The van der Waals surface area contributed by atoms with Gasteiger partial charge in [0.1, 0.15) is 0 Å². The SMILES string of the molecule is CCC(C)NC(=O)c1cccc(CN2CCN(C(=O)O)CC2)c1. The zero-order valence-electron chi connectivity index (χ0n) is 13.8. The van der Waals surface area contributed by atoms with Crippen LogP contribution in [0.25, 0.3) is 0 Å². The molecule has 1 heterocycles. The van der Waals surface area contributed by atoms with Gasteiger partial charge in [0.05, 0.1) is 0 Å². The maximum absolute atomic E-state index is 12.2. The van der Waals surface area contributed by atoms with Gasteiger partial charge in [-0.2, -0.15) is 0 Å². The van der Waals surface area contributed by atoms with E-state index >= 15 is 0 Å². The lowest BCUT2D eigenvalue weighted by molar-refractivity contribution is 0.0936. The Kier molecular flexibility index (Phi) is 5.98. The van der Waals surface area contributed by atoms with Crippen molar-refractivity contribution in [2.75, 3.05) is 26.2 Å². The Morgan fingerprint density at radius 2 is 1.96 bits per heavy atom. The summed E-state index contributed by atoms with van der Waals surface area (Å²) in [6.07, 6.45) is 0.0487. The van der Waals surface area contributed by atoms with Crippen LogP contribution in [0.2, 0.25) is 0 Å². The van der Waals surface area contributed by atoms with Crippen molar-refractivity contribution in [2.24, 2.45) is 0 Å². The summed E-state index contributed by atoms with van der Waals surface area (Å²) in [6.45, 7) is 7.26. The maximum Gasteiger partial charge on any atom is 0.407 e. The third-order valence-corrected chi connectivity index (χ3v) is 4.23. The number of hydrogen-bond donors (Lipinski definition) is 2. The van der Waals surface area contributed by atoms with Crippen molar-refractivity contribution < 1.29 is 14.7 Å². The second-order valence-electron chi connectivity index (χ2n) is 6.03. The number of carbonyl (C=O) groups excluding carboxylic acids is 1. The van der Waals surface area contributed by atoms with E-state index in [0.717, 1.165) is 31.6 Å². The van der Waals surface area contributed by atoms with Crippen molar-refractivity contribution in [1.82, 2.24) is 15.1 Å². The summed E-state index contributed by atoms with van der Waals surface area (Å²) in [6, 6.07) is 7.80. The highest BCUT2D eigenvalue weighted by atomic mass is 16.4. The van der Waals surface area contributed by atoms with Crippen LogP contribution in [0.5, 0.6) is 0 Å². The molecule has 23 heavy (non-hydrogen) atoms. The molecule has 0 aromatic heterocycles. The van der Waals surface area contributed by atoms with Crippen LogP contribution in [-0.2, 0) is 6.54 Å². The molecule has 1 saturated heterocycles. The van der Waals surface area contributed by atoms with Crippen LogP contribution in [0.15, 0.2) is 24.3 Å². The molecule has 1 aromatic carbocycles. The maximum atomic E-state index is 12.2. The fourth-order valence-corrected chi connectivity index (χ4v) is 2.58. The molecule has 0 spiro atoms. The van der Waals surface area contributed by atoms with E-state index in [9.17, 15) is 9.59 Å². The van der Waals surface area contributed by atoms with Crippen molar-refractivity contribution >= 4 is 12.0 Å². The minimum absolute atomic E-state index is 0.0445. The number of nitrogens with zero attached hydrogens (tertiary/aromatic N) is 2. The Bertz CT molecular complexity index is 554.